The number of methoxy groups -OCH3 is 2. The minimum atomic E-state index is -1.06. The molecule has 0 amide bonds. The second-order valence-corrected chi connectivity index (χ2v) is 4.90. The Bertz CT molecular complexity index is 918. The van der Waals surface area contributed by atoms with Crippen molar-refractivity contribution in [3.63, 3.8) is 0 Å². The molecular weight excluding hydrogens is 352 g/mol. The number of nitro groups is 2. The van der Waals surface area contributed by atoms with Crippen LogP contribution in [-0.4, -0.2) is 40.1 Å². The van der Waals surface area contributed by atoms with E-state index >= 15 is 0 Å². The summed E-state index contributed by atoms with van der Waals surface area (Å²) in [5.41, 5.74) is -2.52. The maximum Gasteiger partial charge on any atom is 0.352 e. The molecular formula is C15H12N2O9. The van der Waals surface area contributed by atoms with Crippen molar-refractivity contribution in [1.29, 1.82) is 0 Å². The van der Waals surface area contributed by atoms with Crippen LogP contribution in [-0.2, 0) is 0 Å². The van der Waals surface area contributed by atoms with Gasteiger partial charge in [0.15, 0.2) is 0 Å². The van der Waals surface area contributed by atoms with Crippen molar-refractivity contribution in [1.82, 2.24) is 0 Å². The molecule has 0 aliphatic carbocycles. The van der Waals surface area contributed by atoms with Gasteiger partial charge in [0.05, 0.1) is 35.2 Å². The van der Waals surface area contributed by atoms with E-state index in [1.165, 1.54) is 0 Å². The third-order valence-electron chi connectivity index (χ3n) is 3.50. The van der Waals surface area contributed by atoms with E-state index in [0.29, 0.717) is 0 Å². The van der Waals surface area contributed by atoms with Gasteiger partial charge < -0.3 is 19.7 Å². The van der Waals surface area contributed by atoms with Crippen LogP contribution in [0.15, 0.2) is 24.3 Å². The molecule has 11 nitrogen and oxygen atoms in total. The predicted molar refractivity (Wildman–Crippen MR) is 86.1 cm³/mol. The Morgan fingerprint density at radius 3 is 2.08 bits per heavy atom. The van der Waals surface area contributed by atoms with Crippen molar-refractivity contribution in [2.75, 3.05) is 14.2 Å². The monoisotopic (exact) mass is 364 g/mol. The molecule has 26 heavy (non-hydrogen) atoms. The molecule has 0 aliphatic heterocycles. The van der Waals surface area contributed by atoms with Gasteiger partial charge in [0.2, 0.25) is 23.0 Å². The van der Waals surface area contributed by atoms with Crippen LogP contribution in [0.2, 0.25) is 0 Å². The van der Waals surface area contributed by atoms with Gasteiger partial charge >= 0.3 is 11.4 Å². The molecule has 0 spiro atoms. The topological polar surface area (TPSA) is 162 Å². The van der Waals surface area contributed by atoms with Crippen LogP contribution in [0.4, 0.5) is 11.4 Å². The maximum absolute atomic E-state index is 12.6. The van der Waals surface area contributed by atoms with Gasteiger partial charge in [0.1, 0.15) is 5.75 Å². The lowest BCUT2D eigenvalue weighted by Gasteiger charge is -2.10. The number of carbonyl (C=O) groups is 1. The molecule has 2 aromatic rings. The normalized spacial score (nSPS) is 10.2. The molecule has 2 aromatic carbocycles. The van der Waals surface area contributed by atoms with E-state index in [1.807, 2.05) is 0 Å². The first-order valence-corrected chi connectivity index (χ1v) is 6.87. The standard InChI is InChI=1S/C15H12N2O9/c1-25-11-4-3-7(15(20)13(11)17(23)24)14(19)8-5-9(16(21)22)12(26-2)6-10(8)18/h3-6,18,20H,1-2H3. The van der Waals surface area contributed by atoms with Crippen LogP contribution in [0.3, 0.4) is 0 Å². The molecule has 0 radical (unpaired) electrons. The lowest BCUT2D eigenvalue weighted by Crippen LogP contribution is -2.06. The van der Waals surface area contributed by atoms with Crippen molar-refractivity contribution < 1.29 is 34.3 Å². The molecule has 0 heterocycles. The zero-order valence-electron chi connectivity index (χ0n) is 13.5. The molecule has 0 unspecified atom stereocenters. The van der Waals surface area contributed by atoms with Crippen molar-refractivity contribution >= 4 is 17.2 Å². The van der Waals surface area contributed by atoms with Gasteiger partial charge in [-0.05, 0) is 12.1 Å². The van der Waals surface area contributed by atoms with Crippen molar-refractivity contribution in [2.24, 2.45) is 0 Å². The first kappa shape index (κ1) is 18.4. The molecule has 0 bridgehead atoms. The number of ether oxygens (including phenoxy) is 2. The van der Waals surface area contributed by atoms with E-state index < -0.39 is 49.6 Å². The Hall–Kier alpha value is -3.89. The number of hydrogen-bond acceptors (Lipinski definition) is 9. The minimum Gasteiger partial charge on any atom is -0.507 e. The zero-order valence-corrected chi connectivity index (χ0v) is 13.5. The first-order chi connectivity index (χ1) is 12.2. The molecule has 0 aromatic heterocycles. The molecule has 0 atom stereocenters. The fraction of sp³-hybridized carbons (Fsp3) is 0.133. The summed E-state index contributed by atoms with van der Waals surface area (Å²) in [5, 5.41) is 42.2. The Labute approximate surface area is 145 Å². The average molecular weight is 364 g/mol. The summed E-state index contributed by atoms with van der Waals surface area (Å²) in [4.78, 5) is 33.0. The molecule has 0 fully saturated rings. The number of rotatable bonds is 6. The van der Waals surface area contributed by atoms with E-state index in [2.05, 4.69) is 0 Å². The highest BCUT2D eigenvalue weighted by atomic mass is 16.6. The van der Waals surface area contributed by atoms with Crippen molar-refractivity contribution in [3.8, 4) is 23.0 Å². The second kappa shape index (κ2) is 6.93. The molecule has 11 heteroatoms. The Balaban J connectivity index is 2.67. The number of hydrogen-bond donors (Lipinski definition) is 2. The maximum atomic E-state index is 12.6. The quantitative estimate of drug-likeness (QED) is 0.444. The number of nitrogens with zero attached hydrogens (tertiary/aromatic N) is 2. The van der Waals surface area contributed by atoms with E-state index in [4.69, 9.17) is 9.47 Å². The average Bonchev–Trinajstić information content (AvgIpc) is 2.59. The summed E-state index contributed by atoms with van der Waals surface area (Å²) in [5.74, 6) is -3.27. The highest BCUT2D eigenvalue weighted by molar-refractivity contribution is 6.13. The number of nitro benzene ring substituents is 2. The van der Waals surface area contributed by atoms with Crippen molar-refractivity contribution in [3.05, 3.63) is 55.6 Å². The zero-order chi connectivity index (χ0) is 19.6. The molecule has 136 valence electrons. The van der Waals surface area contributed by atoms with Crippen LogP contribution in [0, 0.1) is 20.2 Å². The Morgan fingerprint density at radius 1 is 0.962 bits per heavy atom. The number of phenols is 2. The molecule has 2 N–H and O–H groups in total. The summed E-state index contributed by atoms with van der Waals surface area (Å²) < 4.78 is 9.53. The lowest BCUT2D eigenvalue weighted by molar-refractivity contribution is -0.386. The van der Waals surface area contributed by atoms with Gasteiger partial charge in [-0.15, -0.1) is 0 Å². The number of aromatic hydroxyl groups is 2. The van der Waals surface area contributed by atoms with E-state index in [0.717, 1.165) is 38.5 Å². The highest BCUT2D eigenvalue weighted by Crippen LogP contribution is 2.41. The summed E-state index contributed by atoms with van der Waals surface area (Å²) in [6.07, 6.45) is 0. The van der Waals surface area contributed by atoms with Gasteiger partial charge in [0.25, 0.3) is 0 Å². The summed E-state index contributed by atoms with van der Waals surface area (Å²) in [6, 6.07) is 3.74. The van der Waals surface area contributed by atoms with E-state index in [1.54, 1.807) is 0 Å². The van der Waals surface area contributed by atoms with Crippen LogP contribution in [0.1, 0.15) is 15.9 Å². The number of benzene rings is 2. The fourth-order valence-corrected chi connectivity index (χ4v) is 2.28. The molecule has 0 aliphatic rings. The van der Waals surface area contributed by atoms with E-state index in [9.17, 15) is 35.2 Å². The molecule has 0 saturated heterocycles. The summed E-state index contributed by atoms with van der Waals surface area (Å²) in [7, 11) is 2.28. The third kappa shape index (κ3) is 3.05. The van der Waals surface area contributed by atoms with Crippen LogP contribution in [0.25, 0.3) is 0 Å². The first-order valence-electron chi connectivity index (χ1n) is 6.87. The van der Waals surface area contributed by atoms with Gasteiger partial charge in [-0.25, -0.2) is 0 Å². The largest absolute Gasteiger partial charge is 0.507 e. The third-order valence-corrected chi connectivity index (χ3v) is 3.50. The summed E-state index contributed by atoms with van der Waals surface area (Å²) in [6.45, 7) is 0. The lowest BCUT2D eigenvalue weighted by atomic mass is 9.99. The summed E-state index contributed by atoms with van der Waals surface area (Å²) >= 11 is 0. The smallest absolute Gasteiger partial charge is 0.352 e. The Morgan fingerprint density at radius 2 is 1.58 bits per heavy atom. The van der Waals surface area contributed by atoms with Gasteiger partial charge in [-0.2, -0.15) is 0 Å². The Kier molecular flexibility index (Phi) is 4.91. The molecule has 0 saturated carbocycles. The number of phenolic OH excluding ortho intramolecular Hbond substituents is 2. The van der Waals surface area contributed by atoms with Crippen LogP contribution < -0.4 is 9.47 Å². The second-order valence-electron chi connectivity index (χ2n) is 4.90. The highest BCUT2D eigenvalue weighted by Gasteiger charge is 2.30. The van der Waals surface area contributed by atoms with Gasteiger partial charge in [-0.3, -0.25) is 25.0 Å². The minimum absolute atomic E-state index is 0.283. The SMILES string of the molecule is COc1cc(O)c(C(=O)c2ccc(OC)c([N+](=O)[O-])c2O)cc1[N+](=O)[O-]. The van der Waals surface area contributed by atoms with Crippen molar-refractivity contribution in [2.45, 2.75) is 0 Å². The van der Waals surface area contributed by atoms with Crippen LogP contribution in [0.5, 0.6) is 23.0 Å². The fourth-order valence-electron chi connectivity index (χ4n) is 2.28. The number of ketones is 1. The molecule has 2 rings (SSSR count). The van der Waals surface area contributed by atoms with E-state index in [-0.39, 0.29) is 11.5 Å². The van der Waals surface area contributed by atoms with Gasteiger partial charge in [0, 0.05) is 12.1 Å². The number of carbonyl (C=O) groups excluding carboxylic acids is 1. The predicted octanol–water partition coefficient (Wildman–Crippen LogP) is 2.16. The van der Waals surface area contributed by atoms with Gasteiger partial charge in [-0.1, -0.05) is 0 Å². The van der Waals surface area contributed by atoms with Crippen LogP contribution >= 0.6 is 0 Å².